The van der Waals surface area contributed by atoms with Crippen molar-refractivity contribution < 1.29 is 175 Å². The summed E-state index contributed by atoms with van der Waals surface area (Å²) in [6.07, 6.45) is -37.4. The summed E-state index contributed by atoms with van der Waals surface area (Å²) in [4.78, 5) is 29.0. The number of rotatable bonds is 36. The van der Waals surface area contributed by atoms with Gasteiger partial charge in [-0.3, -0.25) is 9.59 Å². The highest BCUT2D eigenvalue weighted by atomic mass is 16.8. The summed E-state index contributed by atoms with van der Waals surface area (Å²) in [7, 11) is 28.0. The standard InChI is InChI=1S/C81H126N2O37/c1-22-32-105-43-28-24-41(25-29-43)73(84)82-34-45-52-59(91-8)67(99-16)76(108-45)116-54-47(36-86-3)110-78(69(101-18)61(54)93-10)118-56-49(38-88-5)112-80(71(103-20)63(56)95-12)120-58-51(40-90-7)113-81(72(104-21)65(58)97-14)119-57-50(39-89-6)111-79(70(102-19)64(57)96-13)117-55-48(37-87-4)109-77(68(100-17)62(55)94-11)115-53-46(107-75(114-52)66(98-15)60(53)92-9)35-83-74(85)42-26-30-44(31-27-42)106-33-23-2/h22-31,45-72,75-81H,1-2,32-40H2,3-21H3,(H,82,84)(H,83,85)/t45-,46-,47+,48-,49+,50-,51+,52+,53+,54+,55+,56+,57+,58+,59-,60-,61+,62-,63-,64-,65-,66+,67+,68+,69-,70+,71-,72+,75+,76+,77+,78+,79+,80+,81+/m0/s1. The van der Waals surface area contributed by atoms with Crippen molar-refractivity contribution in [3.8, 4) is 11.5 Å². The van der Waals surface area contributed by atoms with Gasteiger partial charge in [0.15, 0.2) is 44.0 Å². The molecule has 21 heterocycles. The highest BCUT2D eigenvalue weighted by Gasteiger charge is 2.62. The Bertz CT molecular complexity index is 3240. The number of benzene rings is 2. The topological polar surface area (TPSA) is 381 Å². The Kier molecular flexibility index (Phi) is 39.1. The van der Waals surface area contributed by atoms with Gasteiger partial charge in [-0.05, 0) is 48.5 Å². The predicted octanol–water partition coefficient (Wildman–Crippen LogP) is 1.20. The first-order chi connectivity index (χ1) is 58.4. The van der Waals surface area contributed by atoms with Gasteiger partial charge < -0.3 is 176 Å². The zero-order chi connectivity index (χ0) is 86.3. The summed E-state index contributed by atoms with van der Waals surface area (Å²) >= 11 is 0. The summed E-state index contributed by atoms with van der Waals surface area (Å²) < 4.78 is 229. The van der Waals surface area contributed by atoms with E-state index in [-0.39, 0.29) is 70.5 Å². The second-order valence-corrected chi connectivity index (χ2v) is 29.3. The van der Waals surface area contributed by atoms with Crippen LogP contribution < -0.4 is 20.1 Å². The van der Waals surface area contributed by atoms with Crippen molar-refractivity contribution in [3.05, 3.63) is 85.0 Å². The van der Waals surface area contributed by atoms with Crippen LogP contribution in [0.1, 0.15) is 20.7 Å². The van der Waals surface area contributed by atoms with E-state index in [0.29, 0.717) is 11.5 Å². The highest BCUT2D eigenvalue weighted by molar-refractivity contribution is 5.94. The molecule has 0 aliphatic carbocycles. The molecule has 0 saturated carbocycles. The summed E-state index contributed by atoms with van der Waals surface area (Å²) in [6, 6.07) is 13.1. The van der Waals surface area contributed by atoms with Gasteiger partial charge in [-0.1, -0.05) is 25.3 Å². The second kappa shape index (κ2) is 48.2. The molecule has 21 aliphatic heterocycles. The zero-order valence-corrected chi connectivity index (χ0v) is 71.9. The van der Waals surface area contributed by atoms with E-state index in [1.54, 1.807) is 60.7 Å². The number of hydrogen-bond acceptors (Lipinski definition) is 37. The Morgan fingerprint density at radius 3 is 0.608 bits per heavy atom. The molecule has 39 nitrogen and oxygen atoms in total. The molecule has 21 fully saturated rings. The molecule has 35 atom stereocenters. The molecule has 2 aromatic rings. The molecule has 39 heteroatoms. The molecule has 0 aromatic heterocycles. The average Bonchev–Trinajstić information content (AvgIpc) is 0.771. The lowest BCUT2D eigenvalue weighted by Crippen LogP contribution is -2.70. The van der Waals surface area contributed by atoms with Crippen LogP contribution in [0.25, 0.3) is 0 Å². The number of methoxy groups -OCH3 is 19. The lowest BCUT2D eigenvalue weighted by Gasteiger charge is -2.52. The number of amides is 2. The van der Waals surface area contributed by atoms with Gasteiger partial charge in [-0.2, -0.15) is 0 Å². The lowest BCUT2D eigenvalue weighted by molar-refractivity contribution is -0.402. The molecule has 2 N–H and O–H groups in total. The maximum absolute atomic E-state index is 14.5. The van der Waals surface area contributed by atoms with Crippen LogP contribution >= 0.6 is 0 Å². The third-order valence-corrected chi connectivity index (χ3v) is 22.5. The molecule has 682 valence electrons. The lowest BCUT2D eigenvalue weighted by atomic mass is 9.94. The summed E-state index contributed by atoms with van der Waals surface area (Å²) in [5, 5.41) is 6.07. The Morgan fingerprint density at radius 2 is 0.442 bits per heavy atom. The Balaban J connectivity index is 1.10. The minimum Gasteiger partial charge on any atom is -0.490 e. The van der Waals surface area contributed by atoms with Gasteiger partial charge >= 0.3 is 0 Å². The van der Waals surface area contributed by atoms with Crippen molar-refractivity contribution in [2.24, 2.45) is 0 Å². The molecular formula is C81H126N2O37. The summed E-state index contributed by atoms with van der Waals surface area (Å²) in [5.74, 6) is -0.00818. The van der Waals surface area contributed by atoms with E-state index in [1.165, 1.54) is 135 Å². The van der Waals surface area contributed by atoms with Crippen LogP contribution in [0, 0.1) is 0 Å². The first-order valence-electron chi connectivity index (χ1n) is 39.7. The Morgan fingerprint density at radius 1 is 0.267 bits per heavy atom. The van der Waals surface area contributed by atoms with Crippen LogP contribution in [-0.4, -0.2) is 421 Å². The van der Waals surface area contributed by atoms with Crippen molar-refractivity contribution in [2.45, 2.75) is 215 Å². The fourth-order valence-electron chi connectivity index (χ4n) is 16.9. The molecular weight excluding hydrogens is 1590 g/mol. The first-order valence-corrected chi connectivity index (χ1v) is 39.7. The van der Waals surface area contributed by atoms with Gasteiger partial charge in [0.25, 0.3) is 11.8 Å². The molecule has 0 radical (unpaired) electrons. The van der Waals surface area contributed by atoms with E-state index >= 15 is 0 Å². The van der Waals surface area contributed by atoms with Gasteiger partial charge in [-0.25, -0.2) is 0 Å². The summed E-state index contributed by atoms with van der Waals surface area (Å²) in [6.45, 7) is 6.87. The number of carbonyl (C=O) groups is 2. The molecule has 23 rings (SSSR count). The van der Waals surface area contributed by atoms with Crippen LogP contribution in [0.5, 0.6) is 11.5 Å². The first kappa shape index (κ1) is 97.3. The van der Waals surface area contributed by atoms with Gasteiger partial charge in [0.05, 0.1) is 33.0 Å². The van der Waals surface area contributed by atoms with Gasteiger partial charge in [-0.15, -0.1) is 0 Å². The normalized spacial score (nSPS) is 39.5. The van der Waals surface area contributed by atoms with E-state index in [0.717, 1.165) is 0 Å². The molecule has 120 heavy (non-hydrogen) atoms. The van der Waals surface area contributed by atoms with E-state index in [1.807, 2.05) is 0 Å². The SMILES string of the molecule is C=CCOc1ccc(C(=O)NC[C@@H]2O[C@@H]3O[C@H]4[C@H](OC)[C@@H](OC)[C@@H](O[C@H]5[C@@H](OC)[C@H](OC)[C@@H](O[C@H]6[C@H](OC)[C@H](OC)[C@@H](O[C@H]7[C@H](OC)[C@@H](OC)[C@@H](O[C@H]8[C@H](OC)[C@@H](OC)[C@@H](O[C@H]9[C@H](OC)[C@@H](OC)[C@@H](O[C@H]2[C@H](OC)[C@H]3OC)O[C@H]9COC)O[C@H]8COC)O[C@@H]7COC)O[C@@H]6COC)O[C@@H]5COC)O[C@H]4CNC(=O)c2ccc(OCC=C)cc2)cc1. The number of carbonyl (C=O) groups excluding carboxylic acids is 2. The minimum atomic E-state index is -1.48. The molecule has 2 amide bonds. The third kappa shape index (κ3) is 22.4. The average molecular weight is 1720 g/mol. The van der Waals surface area contributed by atoms with Crippen LogP contribution in [0.15, 0.2) is 73.8 Å². The third-order valence-electron chi connectivity index (χ3n) is 22.5. The maximum Gasteiger partial charge on any atom is 0.251 e. The maximum atomic E-state index is 14.5. The monoisotopic (exact) mass is 1720 g/mol. The van der Waals surface area contributed by atoms with Gasteiger partial charge in [0.1, 0.15) is 196 Å². The second-order valence-electron chi connectivity index (χ2n) is 29.3. The van der Waals surface area contributed by atoms with Crippen LogP contribution in [-0.2, 0) is 156 Å². The van der Waals surface area contributed by atoms with Crippen LogP contribution in [0.3, 0.4) is 0 Å². The molecule has 0 unspecified atom stereocenters. The Labute approximate surface area is 701 Å². The van der Waals surface area contributed by atoms with E-state index < -0.39 is 227 Å². The number of ether oxygens (including phenoxy) is 35. The van der Waals surface area contributed by atoms with Gasteiger partial charge in [0, 0.05) is 159 Å². The van der Waals surface area contributed by atoms with Crippen molar-refractivity contribution in [1.82, 2.24) is 10.6 Å². The zero-order valence-electron chi connectivity index (χ0n) is 71.9. The largest absolute Gasteiger partial charge is 0.490 e. The van der Waals surface area contributed by atoms with Crippen LogP contribution in [0.4, 0.5) is 0 Å². The van der Waals surface area contributed by atoms with Crippen molar-refractivity contribution in [2.75, 3.05) is 194 Å². The summed E-state index contributed by atoms with van der Waals surface area (Å²) in [5.41, 5.74) is 0.542. The molecule has 21 aliphatic rings. The molecule has 0 spiro atoms. The van der Waals surface area contributed by atoms with Gasteiger partial charge in [0.2, 0.25) is 0 Å². The smallest absolute Gasteiger partial charge is 0.251 e. The predicted molar refractivity (Wildman–Crippen MR) is 414 cm³/mol. The molecule has 14 bridgehead atoms. The number of hydrogen-bond donors (Lipinski definition) is 2. The fraction of sp³-hybridized carbons (Fsp3) is 0.778. The molecule has 21 saturated heterocycles. The highest BCUT2D eigenvalue weighted by Crippen LogP contribution is 2.43. The molecule has 2 aromatic carbocycles. The van der Waals surface area contributed by atoms with E-state index in [2.05, 4.69) is 23.8 Å². The van der Waals surface area contributed by atoms with Crippen molar-refractivity contribution >= 4 is 11.8 Å². The van der Waals surface area contributed by atoms with E-state index in [4.69, 9.17) is 166 Å². The van der Waals surface area contributed by atoms with Crippen LogP contribution in [0.2, 0.25) is 0 Å². The fourth-order valence-corrected chi connectivity index (χ4v) is 16.9. The number of nitrogens with one attached hydrogen (secondary N) is 2. The minimum absolute atomic E-state index is 0.0767. The Hall–Kier alpha value is -4.86. The van der Waals surface area contributed by atoms with E-state index in [9.17, 15) is 9.59 Å². The van der Waals surface area contributed by atoms with Crippen molar-refractivity contribution in [1.29, 1.82) is 0 Å². The van der Waals surface area contributed by atoms with Crippen molar-refractivity contribution in [3.63, 3.8) is 0 Å². The quantitative estimate of drug-likeness (QED) is 0.0905.